The van der Waals surface area contributed by atoms with Gasteiger partial charge in [0.25, 0.3) is 0 Å². The number of esters is 2. The van der Waals surface area contributed by atoms with Crippen LogP contribution in [0.2, 0.25) is 0 Å². The molecule has 18 nitrogen and oxygen atoms in total. The summed E-state index contributed by atoms with van der Waals surface area (Å²) in [5.41, 5.74) is 0. The van der Waals surface area contributed by atoms with E-state index in [2.05, 4.69) is 0 Å². The number of aliphatic hydroxyl groups is 6. The molecule has 26 atom stereocenters. The summed E-state index contributed by atoms with van der Waals surface area (Å²) in [5, 5.41) is 66.0. The normalized spacial score (nSPS) is 43.4. The number of aliphatic hydroxyl groups excluding tert-OH is 6. The fourth-order valence-electron chi connectivity index (χ4n) is 12.2. The number of cyclic esters (lactones) is 2. The SMILES string of the molecule is CCC1C(C)OC(OC)(C(C)C(O)C(C)C2OC(=O)C=CC=CC(C)C(C(C)C(O)C(C)C3(OC)CC(OC4CC(O)C(O)C(C)O4)C(CC)C(C)O3)OC(=O)C=CC=CC2C)CC1OC1CC(O)C(O)C(C)O1. The van der Waals surface area contributed by atoms with Gasteiger partial charge in [-0.05, 0) is 40.5 Å². The first-order valence-electron chi connectivity index (χ1n) is 27.1. The molecule has 18 heteroatoms. The molecular formula is C56H92O18. The van der Waals surface area contributed by atoms with Crippen molar-refractivity contribution in [3.05, 3.63) is 48.6 Å². The molecule has 5 rings (SSSR count). The predicted octanol–water partition coefficient (Wildman–Crippen LogP) is 5.43. The van der Waals surface area contributed by atoms with Crippen LogP contribution in [0.25, 0.3) is 0 Å². The van der Waals surface area contributed by atoms with Crippen LogP contribution in [0.15, 0.2) is 48.6 Å². The van der Waals surface area contributed by atoms with Gasteiger partial charge in [0, 0.05) is 99.4 Å². The number of hydrogen-bond acceptors (Lipinski definition) is 18. The molecule has 26 unspecified atom stereocenters. The van der Waals surface area contributed by atoms with E-state index in [-0.39, 0.29) is 49.7 Å². The Morgan fingerprint density at radius 1 is 0.581 bits per heavy atom. The van der Waals surface area contributed by atoms with Crippen LogP contribution in [0, 0.1) is 47.3 Å². The van der Waals surface area contributed by atoms with Gasteiger partial charge in [0.2, 0.25) is 0 Å². The Hall–Kier alpha value is -2.66. The maximum atomic E-state index is 13.6. The number of methoxy groups -OCH3 is 2. The van der Waals surface area contributed by atoms with Crippen molar-refractivity contribution >= 4 is 11.9 Å². The molecule has 0 radical (unpaired) electrons. The number of rotatable bonds is 16. The molecule has 0 aromatic carbocycles. The lowest BCUT2D eigenvalue weighted by molar-refractivity contribution is -0.352. The Kier molecular flexibility index (Phi) is 22.9. The van der Waals surface area contributed by atoms with E-state index in [4.69, 9.17) is 47.4 Å². The van der Waals surface area contributed by atoms with Crippen molar-refractivity contribution in [3.63, 3.8) is 0 Å². The Morgan fingerprint density at radius 3 is 1.24 bits per heavy atom. The molecular weight excluding hydrogens is 961 g/mol. The average Bonchev–Trinajstić information content (AvgIpc) is 3.36. The highest BCUT2D eigenvalue weighted by atomic mass is 16.7. The Bertz CT molecular complexity index is 1740. The topological polar surface area (TPSA) is 248 Å². The van der Waals surface area contributed by atoms with Crippen LogP contribution in [0.4, 0.5) is 0 Å². The summed E-state index contributed by atoms with van der Waals surface area (Å²) in [6.07, 6.45) is 2.08. The molecule has 6 N–H and O–H groups in total. The van der Waals surface area contributed by atoms with Crippen LogP contribution in [0.1, 0.15) is 122 Å². The summed E-state index contributed by atoms with van der Waals surface area (Å²) in [5.74, 6) is -7.70. The fourth-order valence-corrected chi connectivity index (χ4v) is 12.2. The maximum absolute atomic E-state index is 13.6. The van der Waals surface area contributed by atoms with Crippen LogP contribution >= 0.6 is 0 Å². The third-order valence-corrected chi connectivity index (χ3v) is 17.1. The molecule has 74 heavy (non-hydrogen) atoms. The molecule has 0 bridgehead atoms. The van der Waals surface area contributed by atoms with Crippen LogP contribution in [-0.2, 0) is 57.0 Å². The van der Waals surface area contributed by atoms with E-state index in [0.29, 0.717) is 12.8 Å². The van der Waals surface area contributed by atoms with E-state index in [0.717, 1.165) is 0 Å². The third kappa shape index (κ3) is 14.5. The monoisotopic (exact) mass is 1050 g/mol. The van der Waals surface area contributed by atoms with Crippen molar-refractivity contribution in [2.75, 3.05) is 14.2 Å². The molecule has 5 aliphatic rings. The summed E-state index contributed by atoms with van der Waals surface area (Å²) >= 11 is 0. The Labute approximate surface area is 439 Å². The second-order valence-electron chi connectivity index (χ2n) is 22.0. The van der Waals surface area contributed by atoms with Crippen molar-refractivity contribution in [1.82, 2.24) is 0 Å². The first kappa shape index (κ1) is 62.2. The number of hydrogen-bond donors (Lipinski definition) is 6. The molecule has 5 heterocycles. The van der Waals surface area contributed by atoms with Gasteiger partial charge in [0.05, 0.1) is 61.0 Å². The second-order valence-corrected chi connectivity index (χ2v) is 22.0. The lowest BCUT2D eigenvalue weighted by Gasteiger charge is -2.52. The molecule has 0 aliphatic carbocycles. The largest absolute Gasteiger partial charge is 0.458 e. The molecule has 0 spiro atoms. The van der Waals surface area contributed by atoms with Gasteiger partial charge in [-0.15, -0.1) is 0 Å². The Balaban J connectivity index is 1.31. The molecule has 0 saturated carbocycles. The molecule has 4 fully saturated rings. The number of ether oxygens (including phenoxy) is 10. The van der Waals surface area contributed by atoms with Crippen LogP contribution in [0.3, 0.4) is 0 Å². The molecule has 424 valence electrons. The standard InChI is InChI=1S/C56H92O18/c1-15-39-35(9)73-55(65-13,27-43(39)69-47-25-41(57)51(63)37(11)67-47)33(7)49(61)31(5)53-29(3)21-17-19-24-46(60)72-54(30(4)22-18-20-23-45(59)71-53)32(6)50(62)34(8)56(66-14)28-44(40(16-2)36(10)74-56)70-48-26-42(58)52(64)38(12)68-48/h17-24,29-44,47-54,57-58,61-64H,15-16,25-28H2,1-14H3. The van der Waals surface area contributed by atoms with E-state index in [1.165, 1.54) is 38.5 Å². The smallest absolute Gasteiger partial charge is 0.331 e. The van der Waals surface area contributed by atoms with Crippen LogP contribution in [0.5, 0.6) is 0 Å². The predicted molar refractivity (Wildman–Crippen MR) is 272 cm³/mol. The van der Waals surface area contributed by atoms with Gasteiger partial charge < -0.3 is 78.0 Å². The van der Waals surface area contributed by atoms with E-state index >= 15 is 0 Å². The van der Waals surface area contributed by atoms with Gasteiger partial charge in [-0.2, -0.15) is 0 Å². The zero-order valence-electron chi connectivity index (χ0n) is 46.3. The molecule has 5 aliphatic heterocycles. The zero-order valence-corrected chi connectivity index (χ0v) is 46.3. The number of carbonyl (C=O) groups excluding carboxylic acids is 2. The van der Waals surface area contributed by atoms with E-state index in [9.17, 15) is 40.2 Å². The zero-order chi connectivity index (χ0) is 55.0. The van der Waals surface area contributed by atoms with Crippen molar-refractivity contribution in [2.45, 2.75) is 231 Å². The van der Waals surface area contributed by atoms with Gasteiger partial charge in [0.1, 0.15) is 24.4 Å². The fraction of sp³-hybridized carbons (Fsp3) is 0.821. The lowest BCUT2D eigenvalue weighted by Crippen LogP contribution is -2.60. The highest BCUT2D eigenvalue weighted by Crippen LogP contribution is 2.47. The van der Waals surface area contributed by atoms with Gasteiger partial charge in [-0.1, -0.05) is 91.8 Å². The van der Waals surface area contributed by atoms with Crippen molar-refractivity contribution in [2.24, 2.45) is 47.3 Å². The number of allylic oxidation sites excluding steroid dienone is 4. The first-order chi connectivity index (χ1) is 34.9. The van der Waals surface area contributed by atoms with Crippen LogP contribution in [-0.4, -0.2) is 166 Å². The van der Waals surface area contributed by atoms with Crippen molar-refractivity contribution in [3.8, 4) is 0 Å². The van der Waals surface area contributed by atoms with Gasteiger partial charge in [-0.3, -0.25) is 0 Å². The summed E-state index contributed by atoms with van der Waals surface area (Å²) in [7, 11) is 3.05. The highest BCUT2D eigenvalue weighted by Gasteiger charge is 2.55. The molecule has 0 amide bonds. The first-order valence-corrected chi connectivity index (χ1v) is 27.1. The quantitative estimate of drug-likeness (QED) is 0.106. The minimum absolute atomic E-state index is 0.0684. The summed E-state index contributed by atoms with van der Waals surface area (Å²) in [6, 6.07) is 0. The number of carbonyl (C=O) groups is 2. The van der Waals surface area contributed by atoms with Crippen molar-refractivity contribution in [1.29, 1.82) is 0 Å². The summed E-state index contributed by atoms with van der Waals surface area (Å²) < 4.78 is 62.8. The maximum Gasteiger partial charge on any atom is 0.331 e. The third-order valence-electron chi connectivity index (χ3n) is 17.1. The minimum Gasteiger partial charge on any atom is -0.458 e. The van der Waals surface area contributed by atoms with Gasteiger partial charge >= 0.3 is 11.9 Å². The van der Waals surface area contributed by atoms with Gasteiger partial charge in [-0.25, -0.2) is 9.59 Å². The molecule has 0 aromatic rings. The average molecular weight is 1050 g/mol. The van der Waals surface area contributed by atoms with Crippen molar-refractivity contribution < 1.29 is 87.6 Å². The molecule has 0 aromatic heterocycles. The second kappa shape index (κ2) is 27.3. The van der Waals surface area contributed by atoms with Gasteiger partial charge in [0.15, 0.2) is 24.2 Å². The lowest BCUT2D eigenvalue weighted by atomic mass is 9.76. The Morgan fingerprint density at radius 2 is 0.932 bits per heavy atom. The summed E-state index contributed by atoms with van der Waals surface area (Å²) in [4.78, 5) is 27.3. The minimum atomic E-state index is -1.33. The molecule has 4 saturated heterocycles. The summed E-state index contributed by atoms with van der Waals surface area (Å²) in [6.45, 7) is 22.3. The van der Waals surface area contributed by atoms with E-state index in [1.807, 2.05) is 55.4 Å². The van der Waals surface area contributed by atoms with E-state index in [1.54, 1.807) is 52.0 Å². The van der Waals surface area contributed by atoms with E-state index < -0.39 is 145 Å². The highest BCUT2D eigenvalue weighted by molar-refractivity contribution is 5.83. The van der Waals surface area contributed by atoms with Crippen LogP contribution < -0.4 is 0 Å².